The van der Waals surface area contributed by atoms with Crippen LogP contribution in [0.5, 0.6) is 0 Å². The summed E-state index contributed by atoms with van der Waals surface area (Å²) >= 11 is 0. The lowest BCUT2D eigenvalue weighted by atomic mass is 10.3. The number of hydrogen-bond donors (Lipinski definition) is 1. The minimum absolute atomic E-state index is 0.671. The molecule has 84 valence electrons. The summed E-state index contributed by atoms with van der Waals surface area (Å²) < 4.78 is 10.5. The molecule has 1 rings (SSSR count). The van der Waals surface area contributed by atoms with Crippen molar-refractivity contribution in [1.29, 1.82) is 0 Å². The first-order valence-corrected chi connectivity index (χ1v) is 5.38. The van der Waals surface area contributed by atoms with Crippen LogP contribution in [0.25, 0.3) is 0 Å². The van der Waals surface area contributed by atoms with Gasteiger partial charge in [-0.25, -0.2) is 0 Å². The molecule has 0 saturated heterocycles. The molecule has 0 spiro atoms. The molecule has 0 aliphatic rings. The number of nitrogens with one attached hydrogen (secondary N) is 1. The zero-order valence-electron chi connectivity index (χ0n) is 9.24. The van der Waals surface area contributed by atoms with Crippen molar-refractivity contribution in [1.82, 2.24) is 0 Å². The summed E-state index contributed by atoms with van der Waals surface area (Å²) in [7, 11) is 0. The van der Waals surface area contributed by atoms with E-state index in [9.17, 15) is 0 Å². The molecule has 3 nitrogen and oxygen atoms in total. The van der Waals surface area contributed by atoms with Crippen LogP contribution in [0.4, 0.5) is 5.69 Å². The average molecular weight is 209 g/mol. The maximum Gasteiger partial charge on any atom is 0.0701 e. The predicted octanol–water partition coefficient (Wildman–Crippen LogP) is 2.15. The Morgan fingerprint density at radius 1 is 1.00 bits per heavy atom. The summed E-state index contributed by atoms with van der Waals surface area (Å²) in [5, 5.41) is 3.27. The molecule has 0 unspecified atom stereocenters. The van der Waals surface area contributed by atoms with Gasteiger partial charge in [-0.15, -0.1) is 0 Å². The van der Waals surface area contributed by atoms with Gasteiger partial charge in [0.25, 0.3) is 0 Å². The SMILES string of the molecule is CCOCCOCCNc1ccccc1. The molecule has 0 aromatic heterocycles. The lowest BCUT2D eigenvalue weighted by Gasteiger charge is -2.07. The number of rotatable bonds is 8. The highest BCUT2D eigenvalue weighted by Crippen LogP contribution is 2.03. The smallest absolute Gasteiger partial charge is 0.0701 e. The van der Waals surface area contributed by atoms with Gasteiger partial charge in [-0.2, -0.15) is 0 Å². The molecular weight excluding hydrogens is 190 g/mol. The van der Waals surface area contributed by atoms with Gasteiger partial charge in [-0.05, 0) is 19.1 Å². The molecule has 1 aromatic rings. The van der Waals surface area contributed by atoms with Gasteiger partial charge in [0, 0.05) is 18.8 Å². The number of anilines is 1. The van der Waals surface area contributed by atoms with Crippen LogP contribution in [-0.4, -0.2) is 33.0 Å². The third kappa shape index (κ3) is 6.10. The van der Waals surface area contributed by atoms with Crippen LogP contribution in [0, 0.1) is 0 Å². The molecule has 3 heteroatoms. The van der Waals surface area contributed by atoms with Crippen LogP contribution in [0.2, 0.25) is 0 Å². The van der Waals surface area contributed by atoms with E-state index in [0.717, 1.165) is 18.8 Å². The van der Waals surface area contributed by atoms with E-state index in [1.165, 1.54) is 0 Å². The Morgan fingerprint density at radius 2 is 1.73 bits per heavy atom. The molecule has 0 atom stereocenters. The van der Waals surface area contributed by atoms with Crippen LogP contribution in [0.1, 0.15) is 6.92 Å². The third-order valence-corrected chi connectivity index (χ3v) is 1.93. The van der Waals surface area contributed by atoms with Gasteiger partial charge in [-0.3, -0.25) is 0 Å². The van der Waals surface area contributed by atoms with Crippen LogP contribution in [0.15, 0.2) is 30.3 Å². The van der Waals surface area contributed by atoms with Gasteiger partial charge in [0.2, 0.25) is 0 Å². The van der Waals surface area contributed by atoms with Crippen molar-refractivity contribution < 1.29 is 9.47 Å². The highest BCUT2D eigenvalue weighted by Gasteiger charge is 1.90. The van der Waals surface area contributed by atoms with E-state index in [4.69, 9.17) is 9.47 Å². The summed E-state index contributed by atoms with van der Waals surface area (Å²) in [6, 6.07) is 10.1. The molecule has 1 aromatic carbocycles. The van der Waals surface area contributed by atoms with Gasteiger partial charge in [0.1, 0.15) is 0 Å². The Morgan fingerprint density at radius 3 is 2.47 bits per heavy atom. The summed E-state index contributed by atoms with van der Waals surface area (Å²) in [4.78, 5) is 0. The molecule has 0 saturated carbocycles. The third-order valence-electron chi connectivity index (χ3n) is 1.93. The van der Waals surface area contributed by atoms with Gasteiger partial charge >= 0.3 is 0 Å². The van der Waals surface area contributed by atoms with Crippen molar-refractivity contribution in [3.8, 4) is 0 Å². The van der Waals surface area contributed by atoms with Gasteiger partial charge in [0.15, 0.2) is 0 Å². The standard InChI is InChI=1S/C12H19NO2/c1-2-14-10-11-15-9-8-13-12-6-4-3-5-7-12/h3-7,13H,2,8-11H2,1H3. The Balaban J connectivity index is 1.93. The Kier molecular flexibility index (Phi) is 6.62. The lowest BCUT2D eigenvalue weighted by Crippen LogP contribution is -2.12. The maximum atomic E-state index is 5.37. The van der Waals surface area contributed by atoms with Crippen molar-refractivity contribution in [2.75, 3.05) is 38.3 Å². The summed E-state index contributed by atoms with van der Waals surface area (Å²) in [6.07, 6.45) is 0. The number of benzene rings is 1. The molecule has 1 N–H and O–H groups in total. The quantitative estimate of drug-likeness (QED) is 0.665. The van der Waals surface area contributed by atoms with E-state index in [-0.39, 0.29) is 0 Å². The second-order valence-corrected chi connectivity index (χ2v) is 3.10. The topological polar surface area (TPSA) is 30.5 Å². The van der Waals surface area contributed by atoms with E-state index in [1.807, 2.05) is 37.3 Å². The first-order valence-electron chi connectivity index (χ1n) is 5.38. The molecule has 0 bridgehead atoms. The normalized spacial score (nSPS) is 10.2. The Hall–Kier alpha value is -1.06. The Bertz CT molecular complexity index is 239. The van der Waals surface area contributed by atoms with Gasteiger partial charge in [0.05, 0.1) is 19.8 Å². The largest absolute Gasteiger partial charge is 0.383 e. The summed E-state index contributed by atoms with van der Waals surface area (Å²) in [6.45, 7) is 5.63. The first-order chi connectivity index (χ1) is 7.43. The van der Waals surface area contributed by atoms with Crippen molar-refractivity contribution >= 4 is 5.69 Å². The lowest BCUT2D eigenvalue weighted by molar-refractivity contribution is 0.0570. The van der Waals surface area contributed by atoms with Gasteiger partial charge in [-0.1, -0.05) is 18.2 Å². The van der Waals surface area contributed by atoms with Crippen LogP contribution in [-0.2, 0) is 9.47 Å². The molecule has 0 radical (unpaired) electrons. The van der Waals surface area contributed by atoms with Crippen LogP contribution >= 0.6 is 0 Å². The number of ether oxygens (including phenoxy) is 2. The van der Waals surface area contributed by atoms with E-state index in [0.29, 0.717) is 19.8 Å². The van der Waals surface area contributed by atoms with Crippen molar-refractivity contribution in [3.05, 3.63) is 30.3 Å². The average Bonchev–Trinajstić information content (AvgIpc) is 2.29. The molecular formula is C12H19NO2. The summed E-state index contributed by atoms with van der Waals surface area (Å²) in [5.74, 6) is 0. The fourth-order valence-corrected chi connectivity index (χ4v) is 1.19. The monoisotopic (exact) mass is 209 g/mol. The fourth-order valence-electron chi connectivity index (χ4n) is 1.19. The van der Waals surface area contributed by atoms with Crippen molar-refractivity contribution in [2.24, 2.45) is 0 Å². The van der Waals surface area contributed by atoms with Crippen molar-refractivity contribution in [2.45, 2.75) is 6.92 Å². The van der Waals surface area contributed by atoms with Crippen LogP contribution < -0.4 is 5.32 Å². The minimum Gasteiger partial charge on any atom is -0.383 e. The number of para-hydroxylation sites is 1. The molecule has 15 heavy (non-hydrogen) atoms. The minimum atomic E-state index is 0.671. The highest BCUT2D eigenvalue weighted by atomic mass is 16.5. The van der Waals surface area contributed by atoms with E-state index in [2.05, 4.69) is 5.32 Å². The zero-order valence-corrected chi connectivity index (χ0v) is 9.24. The highest BCUT2D eigenvalue weighted by molar-refractivity contribution is 5.42. The number of hydrogen-bond acceptors (Lipinski definition) is 3. The fraction of sp³-hybridized carbons (Fsp3) is 0.500. The maximum absolute atomic E-state index is 5.37. The molecule has 0 aliphatic heterocycles. The summed E-state index contributed by atoms with van der Waals surface area (Å²) in [5.41, 5.74) is 1.13. The molecule has 0 fully saturated rings. The van der Waals surface area contributed by atoms with E-state index < -0.39 is 0 Å². The van der Waals surface area contributed by atoms with E-state index in [1.54, 1.807) is 0 Å². The second-order valence-electron chi connectivity index (χ2n) is 3.10. The zero-order chi connectivity index (χ0) is 10.8. The Labute approximate surface area is 91.4 Å². The predicted molar refractivity (Wildman–Crippen MR) is 62.2 cm³/mol. The van der Waals surface area contributed by atoms with Gasteiger partial charge < -0.3 is 14.8 Å². The van der Waals surface area contributed by atoms with E-state index >= 15 is 0 Å². The molecule has 0 heterocycles. The first kappa shape index (κ1) is 12.0. The van der Waals surface area contributed by atoms with Crippen LogP contribution in [0.3, 0.4) is 0 Å². The second kappa shape index (κ2) is 8.26. The molecule has 0 amide bonds. The molecule has 0 aliphatic carbocycles. The van der Waals surface area contributed by atoms with Crippen molar-refractivity contribution in [3.63, 3.8) is 0 Å².